The highest BCUT2D eigenvalue weighted by molar-refractivity contribution is 7.11. The van der Waals surface area contributed by atoms with Crippen LogP contribution < -0.4 is 16.4 Å². The summed E-state index contributed by atoms with van der Waals surface area (Å²) in [6.07, 6.45) is 1.74. The van der Waals surface area contributed by atoms with Crippen molar-refractivity contribution in [2.75, 3.05) is 18.1 Å². The number of nitrogens with one attached hydrogen (secondary N) is 3. The largest absolute Gasteiger partial charge is 0.382 e. The van der Waals surface area contributed by atoms with E-state index in [0.29, 0.717) is 17.1 Å². The Labute approximate surface area is 108 Å². The molecular weight excluding hydrogens is 252 g/mol. The first-order valence-electron chi connectivity index (χ1n) is 5.33. The van der Waals surface area contributed by atoms with Crippen LogP contribution >= 0.6 is 11.5 Å². The molecule has 0 saturated carbocycles. The second kappa shape index (κ2) is 5.05. The first kappa shape index (κ1) is 12.4. The summed E-state index contributed by atoms with van der Waals surface area (Å²) < 4.78 is 3.98. The Bertz CT molecular complexity index is 560. The van der Waals surface area contributed by atoms with E-state index >= 15 is 0 Å². The van der Waals surface area contributed by atoms with E-state index in [1.54, 1.807) is 13.2 Å². The highest BCUT2D eigenvalue weighted by Gasteiger charge is 2.18. The maximum atomic E-state index is 11.7. The molecule has 2 aromatic heterocycles. The molecule has 0 aliphatic carbocycles. The lowest BCUT2D eigenvalue weighted by molar-refractivity contribution is 0.0965. The van der Waals surface area contributed by atoms with Crippen LogP contribution in [0.4, 0.5) is 10.8 Å². The van der Waals surface area contributed by atoms with Crippen molar-refractivity contribution in [3.05, 3.63) is 23.0 Å². The standard InChI is InChI=1S/C10H14N6OS/c1-5-6(4-14-15-5)3-13-10-7(9(17)12-2)8(11)16-18-10/h4,13H,3H2,1-2H3,(H2,11,16)(H,12,17)(H,14,15). The first-order chi connectivity index (χ1) is 8.63. The molecule has 0 aliphatic rings. The summed E-state index contributed by atoms with van der Waals surface area (Å²) in [5.74, 6) is -0.00145. The monoisotopic (exact) mass is 266 g/mol. The zero-order valence-electron chi connectivity index (χ0n) is 10.1. The second-order valence-corrected chi connectivity index (χ2v) is 4.50. The molecule has 0 spiro atoms. The quantitative estimate of drug-likeness (QED) is 0.652. The zero-order valence-corrected chi connectivity index (χ0v) is 10.9. The fraction of sp³-hybridized carbons (Fsp3) is 0.300. The van der Waals surface area contributed by atoms with Gasteiger partial charge in [-0.05, 0) is 18.5 Å². The smallest absolute Gasteiger partial charge is 0.257 e. The molecule has 8 heteroatoms. The van der Waals surface area contributed by atoms with Crippen molar-refractivity contribution in [3.8, 4) is 0 Å². The summed E-state index contributed by atoms with van der Waals surface area (Å²) >= 11 is 1.17. The van der Waals surface area contributed by atoms with Gasteiger partial charge in [-0.2, -0.15) is 9.47 Å². The molecule has 5 N–H and O–H groups in total. The Morgan fingerprint density at radius 3 is 3.00 bits per heavy atom. The van der Waals surface area contributed by atoms with Crippen molar-refractivity contribution in [2.24, 2.45) is 0 Å². The second-order valence-electron chi connectivity index (χ2n) is 3.72. The molecule has 2 aromatic rings. The van der Waals surface area contributed by atoms with E-state index in [0.717, 1.165) is 11.3 Å². The number of aromatic nitrogens is 3. The maximum absolute atomic E-state index is 11.7. The van der Waals surface area contributed by atoms with Crippen LogP contribution in [-0.2, 0) is 6.54 Å². The van der Waals surface area contributed by atoms with E-state index in [9.17, 15) is 4.79 Å². The Kier molecular flexibility index (Phi) is 3.47. The zero-order chi connectivity index (χ0) is 13.1. The van der Waals surface area contributed by atoms with Crippen molar-refractivity contribution in [1.29, 1.82) is 0 Å². The predicted octanol–water partition coefficient (Wildman–Crippen LogP) is 0.729. The van der Waals surface area contributed by atoms with Gasteiger partial charge in [0.25, 0.3) is 5.91 Å². The fourth-order valence-electron chi connectivity index (χ4n) is 1.50. The maximum Gasteiger partial charge on any atom is 0.257 e. The number of carbonyl (C=O) groups is 1. The third-order valence-corrected chi connectivity index (χ3v) is 3.37. The van der Waals surface area contributed by atoms with Crippen LogP contribution in [0.3, 0.4) is 0 Å². The topological polar surface area (TPSA) is 109 Å². The Hall–Kier alpha value is -2.09. The summed E-state index contributed by atoms with van der Waals surface area (Å²) in [4.78, 5) is 11.7. The van der Waals surface area contributed by atoms with Gasteiger partial charge in [0, 0.05) is 24.8 Å². The van der Waals surface area contributed by atoms with Gasteiger partial charge in [-0.1, -0.05) is 0 Å². The van der Waals surface area contributed by atoms with E-state index in [2.05, 4.69) is 25.2 Å². The molecule has 0 bridgehead atoms. The van der Waals surface area contributed by atoms with Crippen molar-refractivity contribution in [2.45, 2.75) is 13.5 Å². The normalized spacial score (nSPS) is 10.3. The van der Waals surface area contributed by atoms with Crippen LogP contribution in [0.5, 0.6) is 0 Å². The Balaban J connectivity index is 2.15. The van der Waals surface area contributed by atoms with Gasteiger partial charge in [-0.25, -0.2) is 0 Å². The summed E-state index contributed by atoms with van der Waals surface area (Å²) in [6.45, 7) is 2.50. The SMILES string of the molecule is CNC(=O)c1c(N)nsc1NCc1cn[nH]c1C. The number of carbonyl (C=O) groups excluding carboxylic acids is 1. The lowest BCUT2D eigenvalue weighted by Gasteiger charge is -2.05. The molecule has 0 fully saturated rings. The van der Waals surface area contributed by atoms with Crippen molar-refractivity contribution in [3.63, 3.8) is 0 Å². The lowest BCUT2D eigenvalue weighted by atomic mass is 10.2. The van der Waals surface area contributed by atoms with Crippen LogP contribution in [0.2, 0.25) is 0 Å². The van der Waals surface area contributed by atoms with Gasteiger partial charge >= 0.3 is 0 Å². The van der Waals surface area contributed by atoms with E-state index in [4.69, 9.17) is 5.73 Å². The number of amides is 1. The minimum absolute atomic E-state index is 0.241. The number of hydrogen-bond acceptors (Lipinski definition) is 6. The molecule has 0 aromatic carbocycles. The average Bonchev–Trinajstić information content (AvgIpc) is 2.92. The van der Waals surface area contributed by atoms with Gasteiger partial charge in [0.1, 0.15) is 10.6 Å². The van der Waals surface area contributed by atoms with Gasteiger partial charge in [-0.15, -0.1) is 0 Å². The molecule has 0 atom stereocenters. The first-order valence-corrected chi connectivity index (χ1v) is 6.10. The van der Waals surface area contributed by atoms with Crippen LogP contribution in [0.1, 0.15) is 21.6 Å². The van der Waals surface area contributed by atoms with E-state index in [1.807, 2.05) is 6.92 Å². The number of nitrogens with zero attached hydrogens (tertiary/aromatic N) is 2. The molecular formula is C10H14N6OS. The number of anilines is 2. The number of nitrogens with two attached hydrogens (primary N) is 1. The number of H-pyrrole nitrogens is 1. The van der Waals surface area contributed by atoms with Crippen LogP contribution in [0, 0.1) is 6.92 Å². The molecule has 0 saturated heterocycles. The number of hydrogen-bond donors (Lipinski definition) is 4. The van der Waals surface area contributed by atoms with Crippen LogP contribution in [-0.4, -0.2) is 27.5 Å². The third-order valence-electron chi connectivity index (χ3n) is 2.55. The average molecular weight is 266 g/mol. The third kappa shape index (κ3) is 2.28. The number of nitrogen functional groups attached to an aromatic ring is 1. The fourth-order valence-corrected chi connectivity index (χ4v) is 2.20. The van der Waals surface area contributed by atoms with Gasteiger partial charge < -0.3 is 16.4 Å². The van der Waals surface area contributed by atoms with E-state index < -0.39 is 0 Å². The van der Waals surface area contributed by atoms with Gasteiger partial charge in [-0.3, -0.25) is 9.89 Å². The van der Waals surface area contributed by atoms with Gasteiger partial charge in [0.05, 0.1) is 6.20 Å². The summed E-state index contributed by atoms with van der Waals surface area (Å²) in [7, 11) is 1.56. The van der Waals surface area contributed by atoms with E-state index in [-0.39, 0.29) is 11.7 Å². The van der Waals surface area contributed by atoms with E-state index in [1.165, 1.54) is 11.5 Å². The molecule has 18 heavy (non-hydrogen) atoms. The van der Waals surface area contributed by atoms with Gasteiger partial charge in [0.2, 0.25) is 0 Å². The number of aryl methyl sites for hydroxylation is 1. The number of aromatic amines is 1. The molecule has 1 amide bonds. The van der Waals surface area contributed by atoms with Crippen LogP contribution in [0.15, 0.2) is 6.20 Å². The summed E-state index contributed by atoms with van der Waals surface area (Å²) in [6, 6.07) is 0. The molecule has 0 unspecified atom stereocenters. The van der Waals surface area contributed by atoms with Crippen LogP contribution in [0.25, 0.3) is 0 Å². The molecule has 0 radical (unpaired) electrons. The van der Waals surface area contributed by atoms with Gasteiger partial charge in [0.15, 0.2) is 5.82 Å². The van der Waals surface area contributed by atoms with Crippen molar-refractivity contribution < 1.29 is 4.79 Å². The molecule has 96 valence electrons. The highest BCUT2D eigenvalue weighted by atomic mass is 32.1. The molecule has 7 nitrogen and oxygen atoms in total. The van der Waals surface area contributed by atoms with Crippen molar-refractivity contribution >= 4 is 28.3 Å². The lowest BCUT2D eigenvalue weighted by Crippen LogP contribution is -2.20. The Morgan fingerprint density at radius 2 is 2.39 bits per heavy atom. The molecule has 2 rings (SSSR count). The molecule has 2 heterocycles. The molecule has 0 aliphatic heterocycles. The minimum atomic E-state index is -0.243. The summed E-state index contributed by atoms with van der Waals surface area (Å²) in [5.41, 5.74) is 8.09. The predicted molar refractivity (Wildman–Crippen MR) is 70.6 cm³/mol. The number of rotatable bonds is 4. The Morgan fingerprint density at radius 1 is 1.61 bits per heavy atom. The minimum Gasteiger partial charge on any atom is -0.382 e. The highest BCUT2D eigenvalue weighted by Crippen LogP contribution is 2.27. The summed E-state index contributed by atoms with van der Waals surface area (Å²) in [5, 5.41) is 13.1. The van der Waals surface area contributed by atoms with Crippen molar-refractivity contribution in [1.82, 2.24) is 19.9 Å².